The van der Waals surface area contributed by atoms with Crippen LogP contribution in [0.15, 0.2) is 54.6 Å². The Morgan fingerprint density at radius 1 is 0.964 bits per heavy atom. The fourth-order valence-corrected chi connectivity index (χ4v) is 2.96. The van der Waals surface area contributed by atoms with Gasteiger partial charge in [-0.05, 0) is 41.0 Å². The molecule has 0 bridgehead atoms. The summed E-state index contributed by atoms with van der Waals surface area (Å²) in [5, 5.41) is 8.09. The molecule has 0 fully saturated rings. The lowest BCUT2D eigenvalue weighted by Gasteiger charge is -2.13. The highest BCUT2D eigenvalue weighted by molar-refractivity contribution is 6.16. The first-order valence-electron chi connectivity index (χ1n) is 9.17. The van der Waals surface area contributed by atoms with Gasteiger partial charge in [0.05, 0.1) is 5.56 Å². The average Bonchev–Trinajstić information content (AvgIpc) is 2.69. The number of hydrogen-bond donors (Lipinski definition) is 2. The summed E-state index contributed by atoms with van der Waals surface area (Å²) in [5.74, 6) is -1.29. The van der Waals surface area contributed by atoms with Crippen LogP contribution in [0.5, 0.6) is 0 Å². The third kappa shape index (κ3) is 4.28. The van der Waals surface area contributed by atoms with Crippen LogP contribution in [0, 0.1) is 0 Å². The van der Waals surface area contributed by atoms with E-state index in [0.717, 1.165) is 28.0 Å². The van der Waals surface area contributed by atoms with Crippen molar-refractivity contribution in [1.82, 2.24) is 10.6 Å². The quantitative estimate of drug-likeness (QED) is 0.523. The molecule has 0 aliphatic rings. The Hall–Kier alpha value is -3.41. The van der Waals surface area contributed by atoms with Gasteiger partial charge in [0, 0.05) is 6.04 Å². The third-order valence-electron chi connectivity index (χ3n) is 4.55. The molecule has 3 aromatic rings. The normalized spacial score (nSPS) is 11.8. The van der Waals surface area contributed by atoms with E-state index in [1.54, 1.807) is 0 Å². The van der Waals surface area contributed by atoms with Crippen LogP contribution in [-0.4, -0.2) is 30.6 Å². The van der Waals surface area contributed by atoms with Gasteiger partial charge in [-0.25, -0.2) is 9.59 Å². The monoisotopic (exact) mass is 378 g/mol. The van der Waals surface area contributed by atoms with Gasteiger partial charge in [0.1, 0.15) is 0 Å². The SMILES string of the molecule is CC[C@@H](C)NC(=O)NC(=O)COC(=O)c1c2ccccc2cc2ccccc12. The molecule has 0 saturated heterocycles. The number of benzene rings is 3. The summed E-state index contributed by atoms with van der Waals surface area (Å²) in [6.07, 6.45) is 0.741. The Balaban J connectivity index is 1.78. The van der Waals surface area contributed by atoms with Gasteiger partial charge in [-0.15, -0.1) is 0 Å². The smallest absolute Gasteiger partial charge is 0.339 e. The Morgan fingerprint density at radius 2 is 1.54 bits per heavy atom. The van der Waals surface area contributed by atoms with Crippen LogP contribution < -0.4 is 10.6 Å². The van der Waals surface area contributed by atoms with Crippen LogP contribution in [0.3, 0.4) is 0 Å². The second kappa shape index (κ2) is 8.52. The fraction of sp³-hybridized carbons (Fsp3) is 0.227. The molecule has 0 unspecified atom stereocenters. The number of esters is 1. The van der Waals surface area contributed by atoms with Crippen molar-refractivity contribution < 1.29 is 19.1 Å². The minimum absolute atomic E-state index is 0.0580. The average molecular weight is 378 g/mol. The predicted octanol–water partition coefficient (Wildman–Crippen LogP) is 3.77. The van der Waals surface area contributed by atoms with E-state index in [9.17, 15) is 14.4 Å². The van der Waals surface area contributed by atoms with Crippen LogP contribution in [0.1, 0.15) is 30.6 Å². The standard InChI is InChI=1S/C22H22N2O4/c1-3-14(2)23-22(27)24-19(25)13-28-21(26)20-17-10-6-4-8-15(17)12-16-9-5-7-11-18(16)20/h4-12,14H,3,13H2,1-2H3,(H2,23,24,25,27)/t14-/m1/s1. The van der Waals surface area contributed by atoms with Gasteiger partial charge in [-0.1, -0.05) is 55.5 Å². The molecule has 2 N–H and O–H groups in total. The molecule has 0 aromatic heterocycles. The number of fused-ring (bicyclic) bond motifs is 2. The number of nitrogens with one attached hydrogen (secondary N) is 2. The number of rotatable bonds is 5. The van der Waals surface area contributed by atoms with Crippen LogP contribution in [0.25, 0.3) is 21.5 Å². The molecule has 144 valence electrons. The Bertz CT molecular complexity index is 991. The van der Waals surface area contributed by atoms with E-state index in [4.69, 9.17) is 4.74 Å². The summed E-state index contributed by atoms with van der Waals surface area (Å²) < 4.78 is 5.21. The molecular formula is C22H22N2O4. The van der Waals surface area contributed by atoms with E-state index in [2.05, 4.69) is 10.6 Å². The van der Waals surface area contributed by atoms with E-state index in [1.807, 2.05) is 68.4 Å². The van der Waals surface area contributed by atoms with Gasteiger partial charge >= 0.3 is 12.0 Å². The Kier molecular flexibility index (Phi) is 5.89. The topological polar surface area (TPSA) is 84.5 Å². The summed E-state index contributed by atoms with van der Waals surface area (Å²) in [6.45, 7) is 3.21. The molecule has 0 heterocycles. The van der Waals surface area contributed by atoms with Crippen molar-refractivity contribution >= 4 is 39.5 Å². The molecule has 0 spiro atoms. The highest BCUT2D eigenvalue weighted by Gasteiger charge is 2.18. The molecule has 3 amide bonds. The van der Waals surface area contributed by atoms with Gasteiger partial charge in [-0.2, -0.15) is 0 Å². The molecule has 0 radical (unpaired) electrons. The minimum atomic E-state index is -0.682. The molecule has 0 aliphatic carbocycles. The van der Waals surface area contributed by atoms with Crippen LogP contribution >= 0.6 is 0 Å². The summed E-state index contributed by atoms with van der Waals surface area (Å²) >= 11 is 0. The summed E-state index contributed by atoms with van der Waals surface area (Å²) in [7, 11) is 0. The number of carbonyl (C=O) groups is 3. The van der Waals surface area contributed by atoms with Crippen molar-refractivity contribution in [2.75, 3.05) is 6.61 Å². The molecule has 6 heteroatoms. The van der Waals surface area contributed by atoms with E-state index in [-0.39, 0.29) is 6.04 Å². The lowest BCUT2D eigenvalue weighted by Crippen LogP contribution is -2.44. The predicted molar refractivity (Wildman–Crippen MR) is 108 cm³/mol. The minimum Gasteiger partial charge on any atom is -0.452 e. The number of urea groups is 1. The summed E-state index contributed by atoms with van der Waals surface area (Å²) in [4.78, 5) is 36.4. The van der Waals surface area contributed by atoms with Crippen molar-refractivity contribution in [3.63, 3.8) is 0 Å². The Labute approximate surface area is 162 Å². The van der Waals surface area contributed by atoms with Crippen LogP contribution in [0.2, 0.25) is 0 Å². The zero-order valence-electron chi connectivity index (χ0n) is 15.8. The van der Waals surface area contributed by atoms with Gasteiger partial charge in [0.2, 0.25) is 0 Å². The number of carbonyl (C=O) groups excluding carboxylic acids is 3. The maximum absolute atomic E-state index is 12.8. The fourth-order valence-electron chi connectivity index (χ4n) is 2.96. The van der Waals surface area contributed by atoms with E-state index in [0.29, 0.717) is 5.56 Å². The molecule has 1 atom stereocenters. The van der Waals surface area contributed by atoms with Crippen molar-refractivity contribution in [3.05, 3.63) is 60.2 Å². The van der Waals surface area contributed by atoms with Crippen molar-refractivity contribution in [2.24, 2.45) is 0 Å². The van der Waals surface area contributed by atoms with Crippen LogP contribution in [-0.2, 0) is 9.53 Å². The second-order valence-corrected chi connectivity index (χ2v) is 6.60. The largest absolute Gasteiger partial charge is 0.452 e. The maximum atomic E-state index is 12.8. The summed E-state index contributed by atoms with van der Waals surface area (Å²) in [5.41, 5.74) is 0.408. The molecule has 6 nitrogen and oxygen atoms in total. The molecule has 3 aromatic carbocycles. The number of imide groups is 1. The van der Waals surface area contributed by atoms with Gasteiger partial charge in [0.25, 0.3) is 5.91 Å². The van der Waals surface area contributed by atoms with Gasteiger partial charge in [0.15, 0.2) is 6.61 Å². The van der Waals surface area contributed by atoms with Crippen molar-refractivity contribution in [3.8, 4) is 0 Å². The maximum Gasteiger partial charge on any atom is 0.339 e. The summed E-state index contributed by atoms with van der Waals surface area (Å²) in [6, 6.07) is 16.4. The second-order valence-electron chi connectivity index (χ2n) is 6.60. The molecule has 3 rings (SSSR count). The Morgan fingerprint density at radius 3 is 2.11 bits per heavy atom. The highest BCUT2D eigenvalue weighted by atomic mass is 16.5. The first-order valence-corrected chi connectivity index (χ1v) is 9.17. The van der Waals surface area contributed by atoms with Crippen LogP contribution in [0.4, 0.5) is 4.79 Å². The number of hydrogen-bond acceptors (Lipinski definition) is 4. The molecular weight excluding hydrogens is 356 g/mol. The number of amides is 3. The zero-order valence-corrected chi connectivity index (χ0v) is 15.8. The highest BCUT2D eigenvalue weighted by Crippen LogP contribution is 2.29. The first-order chi connectivity index (χ1) is 13.5. The van der Waals surface area contributed by atoms with Gasteiger partial charge < -0.3 is 10.1 Å². The third-order valence-corrected chi connectivity index (χ3v) is 4.55. The van der Waals surface area contributed by atoms with E-state index >= 15 is 0 Å². The number of ether oxygens (including phenoxy) is 1. The molecule has 0 saturated carbocycles. The molecule has 0 aliphatic heterocycles. The van der Waals surface area contributed by atoms with E-state index < -0.39 is 24.5 Å². The van der Waals surface area contributed by atoms with Crippen molar-refractivity contribution in [1.29, 1.82) is 0 Å². The van der Waals surface area contributed by atoms with E-state index in [1.165, 1.54) is 0 Å². The zero-order chi connectivity index (χ0) is 20.1. The van der Waals surface area contributed by atoms with Crippen molar-refractivity contribution in [2.45, 2.75) is 26.3 Å². The first kappa shape index (κ1) is 19.4. The molecule has 28 heavy (non-hydrogen) atoms. The lowest BCUT2D eigenvalue weighted by molar-refractivity contribution is -0.123. The van der Waals surface area contributed by atoms with Gasteiger partial charge in [-0.3, -0.25) is 10.1 Å². The lowest BCUT2D eigenvalue weighted by atomic mass is 9.97.